The monoisotopic (exact) mass is 297 g/mol. The molecule has 0 bridgehead atoms. The van der Waals surface area contributed by atoms with Gasteiger partial charge in [0.1, 0.15) is 5.82 Å². The number of nitrogens with one attached hydrogen (secondary N) is 1. The molecular weight excluding hydrogens is 274 g/mol. The first kappa shape index (κ1) is 15.3. The Bertz CT molecular complexity index is 545. The van der Waals surface area contributed by atoms with Crippen LogP contribution in [-0.2, 0) is 16.4 Å². The molecule has 2 rings (SSSR count). The lowest BCUT2D eigenvalue weighted by Crippen LogP contribution is -2.47. The third kappa shape index (κ3) is 3.70. The van der Waals surface area contributed by atoms with Crippen molar-refractivity contribution >= 4 is 15.7 Å². The predicted molar refractivity (Wildman–Crippen MR) is 81.7 cm³/mol. The molecule has 1 fully saturated rings. The minimum atomic E-state index is -2.89. The van der Waals surface area contributed by atoms with Gasteiger partial charge in [0.2, 0.25) is 0 Å². The average Bonchev–Trinajstić information content (AvgIpc) is 2.39. The van der Waals surface area contributed by atoms with Gasteiger partial charge in [-0.3, -0.25) is 0 Å². The molecule has 1 aromatic rings. The van der Waals surface area contributed by atoms with Crippen molar-refractivity contribution in [3.63, 3.8) is 0 Å². The van der Waals surface area contributed by atoms with Crippen LogP contribution < -0.4 is 10.2 Å². The van der Waals surface area contributed by atoms with E-state index in [1.165, 1.54) is 0 Å². The summed E-state index contributed by atoms with van der Waals surface area (Å²) in [7, 11) is -2.89. The lowest BCUT2D eigenvalue weighted by Gasteiger charge is -2.35. The standard InChI is InChI=1S/C14H23N3O2S/c1-3-6-15-10-13-5-4-7-16-14(13)17-8-9-20(18,19)11-12(17)2/h4-5,7,12,15H,3,6,8-11H2,1-2H3. The molecule has 0 aromatic carbocycles. The Morgan fingerprint density at radius 3 is 3.00 bits per heavy atom. The van der Waals surface area contributed by atoms with Crippen LogP contribution in [0.15, 0.2) is 18.3 Å². The lowest BCUT2D eigenvalue weighted by molar-refractivity contribution is 0.565. The summed E-state index contributed by atoms with van der Waals surface area (Å²) in [5, 5.41) is 3.38. The van der Waals surface area contributed by atoms with Gasteiger partial charge in [-0.25, -0.2) is 13.4 Å². The van der Waals surface area contributed by atoms with Crippen LogP contribution >= 0.6 is 0 Å². The minimum Gasteiger partial charge on any atom is -0.352 e. The molecule has 0 saturated carbocycles. The zero-order valence-corrected chi connectivity index (χ0v) is 13.0. The van der Waals surface area contributed by atoms with E-state index in [0.717, 1.165) is 30.9 Å². The van der Waals surface area contributed by atoms with Crippen molar-refractivity contribution in [1.82, 2.24) is 10.3 Å². The third-order valence-corrected chi connectivity index (χ3v) is 5.35. The Morgan fingerprint density at radius 1 is 1.50 bits per heavy atom. The molecule has 1 aliphatic rings. The first-order valence-electron chi connectivity index (χ1n) is 7.15. The van der Waals surface area contributed by atoms with E-state index in [2.05, 4.69) is 28.2 Å². The highest BCUT2D eigenvalue weighted by molar-refractivity contribution is 7.91. The maximum absolute atomic E-state index is 11.7. The molecule has 0 spiro atoms. The number of anilines is 1. The predicted octanol–water partition coefficient (Wildman–Crippen LogP) is 1.20. The lowest BCUT2D eigenvalue weighted by atomic mass is 10.2. The van der Waals surface area contributed by atoms with Crippen molar-refractivity contribution in [3.8, 4) is 0 Å². The summed E-state index contributed by atoms with van der Waals surface area (Å²) in [6.45, 7) is 6.36. The van der Waals surface area contributed by atoms with Crippen LogP contribution in [-0.4, -0.2) is 44.0 Å². The molecule has 1 saturated heterocycles. The van der Waals surface area contributed by atoms with Crippen LogP contribution in [0.4, 0.5) is 5.82 Å². The largest absolute Gasteiger partial charge is 0.352 e. The summed E-state index contributed by atoms with van der Waals surface area (Å²) >= 11 is 0. The van der Waals surface area contributed by atoms with Crippen LogP contribution in [0.25, 0.3) is 0 Å². The van der Waals surface area contributed by atoms with E-state index in [1.807, 2.05) is 13.0 Å². The summed E-state index contributed by atoms with van der Waals surface area (Å²) in [5.74, 6) is 1.35. The van der Waals surface area contributed by atoms with E-state index in [9.17, 15) is 8.42 Å². The highest BCUT2D eigenvalue weighted by Crippen LogP contribution is 2.23. The molecule has 1 unspecified atom stereocenters. The van der Waals surface area contributed by atoms with Crippen LogP contribution in [0.3, 0.4) is 0 Å². The molecule has 0 aliphatic carbocycles. The fourth-order valence-corrected chi connectivity index (χ4v) is 4.10. The Kier molecular flexibility index (Phi) is 4.99. The second-order valence-corrected chi connectivity index (χ2v) is 7.55. The number of nitrogens with zero attached hydrogens (tertiary/aromatic N) is 2. The molecule has 0 amide bonds. The summed E-state index contributed by atoms with van der Waals surface area (Å²) in [6, 6.07) is 3.96. The van der Waals surface area contributed by atoms with Crippen molar-refractivity contribution in [3.05, 3.63) is 23.9 Å². The van der Waals surface area contributed by atoms with Gasteiger partial charge >= 0.3 is 0 Å². The Hall–Kier alpha value is -1.14. The van der Waals surface area contributed by atoms with E-state index in [0.29, 0.717) is 6.54 Å². The molecule has 1 aliphatic heterocycles. The third-order valence-electron chi connectivity index (χ3n) is 3.55. The van der Waals surface area contributed by atoms with E-state index < -0.39 is 9.84 Å². The molecule has 1 atom stereocenters. The van der Waals surface area contributed by atoms with Gasteiger partial charge in [0.15, 0.2) is 9.84 Å². The zero-order chi connectivity index (χ0) is 14.6. The first-order chi connectivity index (χ1) is 9.53. The second-order valence-electron chi connectivity index (χ2n) is 5.32. The number of hydrogen-bond donors (Lipinski definition) is 1. The highest BCUT2D eigenvalue weighted by Gasteiger charge is 2.29. The highest BCUT2D eigenvalue weighted by atomic mass is 32.2. The minimum absolute atomic E-state index is 0.0198. The number of rotatable bonds is 5. The molecule has 0 radical (unpaired) electrons. The topological polar surface area (TPSA) is 62.3 Å². The second kappa shape index (κ2) is 6.54. The number of sulfone groups is 1. The summed E-state index contributed by atoms with van der Waals surface area (Å²) in [6.07, 6.45) is 2.86. The van der Waals surface area contributed by atoms with Crippen molar-refractivity contribution in [2.75, 3.05) is 29.5 Å². The van der Waals surface area contributed by atoms with Crippen LogP contribution in [0.2, 0.25) is 0 Å². The van der Waals surface area contributed by atoms with Gasteiger partial charge < -0.3 is 10.2 Å². The first-order valence-corrected chi connectivity index (χ1v) is 8.97. The molecule has 20 heavy (non-hydrogen) atoms. The normalized spacial score (nSPS) is 21.9. The number of hydrogen-bond acceptors (Lipinski definition) is 5. The van der Waals surface area contributed by atoms with Crippen LogP contribution in [0, 0.1) is 0 Å². The van der Waals surface area contributed by atoms with Crippen LogP contribution in [0.1, 0.15) is 25.8 Å². The average molecular weight is 297 g/mol. The smallest absolute Gasteiger partial charge is 0.154 e. The zero-order valence-electron chi connectivity index (χ0n) is 12.2. The summed E-state index contributed by atoms with van der Waals surface area (Å²) in [4.78, 5) is 6.59. The molecule has 1 N–H and O–H groups in total. The maximum Gasteiger partial charge on any atom is 0.154 e. The summed E-state index contributed by atoms with van der Waals surface area (Å²) in [5.41, 5.74) is 1.13. The van der Waals surface area contributed by atoms with Gasteiger partial charge in [0.05, 0.1) is 11.5 Å². The molecule has 5 nitrogen and oxygen atoms in total. The molecular formula is C14H23N3O2S. The Balaban J connectivity index is 2.16. The van der Waals surface area contributed by atoms with Gasteiger partial charge in [-0.2, -0.15) is 0 Å². The Labute approximate surface area is 121 Å². The van der Waals surface area contributed by atoms with E-state index in [-0.39, 0.29) is 17.5 Å². The van der Waals surface area contributed by atoms with Crippen molar-refractivity contribution in [2.45, 2.75) is 32.9 Å². The fourth-order valence-electron chi connectivity index (χ4n) is 2.54. The van der Waals surface area contributed by atoms with Gasteiger partial charge in [-0.1, -0.05) is 13.0 Å². The van der Waals surface area contributed by atoms with Crippen molar-refractivity contribution in [1.29, 1.82) is 0 Å². The van der Waals surface area contributed by atoms with Gasteiger partial charge in [-0.15, -0.1) is 0 Å². The van der Waals surface area contributed by atoms with Gasteiger partial charge in [0, 0.05) is 30.9 Å². The molecule has 112 valence electrons. The van der Waals surface area contributed by atoms with E-state index in [1.54, 1.807) is 6.20 Å². The fraction of sp³-hybridized carbons (Fsp3) is 0.643. The number of pyridine rings is 1. The van der Waals surface area contributed by atoms with E-state index >= 15 is 0 Å². The molecule has 1 aromatic heterocycles. The maximum atomic E-state index is 11.7. The Morgan fingerprint density at radius 2 is 2.30 bits per heavy atom. The van der Waals surface area contributed by atoms with E-state index in [4.69, 9.17) is 0 Å². The quantitative estimate of drug-likeness (QED) is 0.828. The summed E-state index contributed by atoms with van der Waals surface area (Å²) < 4.78 is 23.3. The number of aromatic nitrogens is 1. The van der Waals surface area contributed by atoms with Gasteiger partial charge in [-0.05, 0) is 26.0 Å². The SMILES string of the molecule is CCCNCc1cccnc1N1CCS(=O)(=O)CC1C. The van der Waals surface area contributed by atoms with Crippen LogP contribution in [0.5, 0.6) is 0 Å². The molecule has 6 heteroatoms. The van der Waals surface area contributed by atoms with Crippen molar-refractivity contribution < 1.29 is 8.42 Å². The van der Waals surface area contributed by atoms with Gasteiger partial charge in [0.25, 0.3) is 0 Å². The van der Waals surface area contributed by atoms with Crippen molar-refractivity contribution in [2.24, 2.45) is 0 Å². The molecule has 2 heterocycles.